The van der Waals surface area contributed by atoms with Crippen LogP contribution in [0.3, 0.4) is 0 Å². The molecule has 0 fully saturated rings. The van der Waals surface area contributed by atoms with E-state index >= 15 is 0 Å². The molecule has 0 saturated carbocycles. The number of hydrogen-bond donors (Lipinski definition) is 2. The van der Waals surface area contributed by atoms with Crippen molar-refractivity contribution in [1.82, 2.24) is 0 Å². The summed E-state index contributed by atoms with van der Waals surface area (Å²) in [6.07, 6.45) is 3.97. The molecule has 0 aromatic rings. The number of aliphatic hydroxyl groups excluding tert-OH is 2. The van der Waals surface area contributed by atoms with Gasteiger partial charge in [0.15, 0.2) is 0 Å². The molecule has 1 aliphatic rings. The topological polar surface area (TPSA) is 40.5 Å². The Morgan fingerprint density at radius 1 is 1.36 bits per heavy atom. The Bertz CT molecular complexity index is 196. The quantitative estimate of drug-likeness (QED) is 0.561. The highest BCUT2D eigenvalue weighted by Crippen LogP contribution is 2.16. The molecule has 61 valence electrons. The minimum atomic E-state index is -0.699. The molecule has 1 radical (unpaired) electrons. The second-order valence-corrected chi connectivity index (χ2v) is 5.52. The second-order valence-electron chi connectivity index (χ2n) is 2.94. The molecular formula is C8H13O2Si. The zero-order chi connectivity index (χ0) is 8.43. The van der Waals surface area contributed by atoms with Crippen LogP contribution in [0.2, 0.25) is 13.1 Å². The lowest BCUT2D eigenvalue weighted by molar-refractivity contribution is 0.0758. The van der Waals surface area contributed by atoms with Gasteiger partial charge < -0.3 is 10.2 Å². The molecule has 2 N–H and O–H groups in total. The Labute approximate surface area is 68.5 Å². The average Bonchev–Trinajstić information content (AvgIpc) is 1.94. The van der Waals surface area contributed by atoms with E-state index in [0.29, 0.717) is 0 Å². The number of aliphatic hydroxyl groups is 2. The van der Waals surface area contributed by atoms with Crippen LogP contribution < -0.4 is 0 Å². The van der Waals surface area contributed by atoms with Gasteiger partial charge in [-0.05, 0) is 0 Å². The Morgan fingerprint density at radius 3 is 2.45 bits per heavy atom. The zero-order valence-corrected chi connectivity index (χ0v) is 7.78. The standard InChI is InChI=1S/C8H13O2Si/c1-11(2)7-5-3-4-6(9)8(7)10/h3-6,8-10H,1-2H3/t6-,8-/m0/s1. The lowest BCUT2D eigenvalue weighted by atomic mass is 10.1. The Morgan fingerprint density at radius 2 is 2.00 bits per heavy atom. The summed E-state index contributed by atoms with van der Waals surface area (Å²) in [6.45, 7) is 4.21. The van der Waals surface area contributed by atoms with Gasteiger partial charge in [0, 0.05) is 0 Å². The predicted molar refractivity (Wildman–Crippen MR) is 46.7 cm³/mol. The summed E-state index contributed by atoms with van der Waals surface area (Å²) < 4.78 is 0. The summed E-state index contributed by atoms with van der Waals surface area (Å²) in [5.74, 6) is 0. The van der Waals surface area contributed by atoms with E-state index in [1.807, 2.05) is 12.2 Å². The maximum atomic E-state index is 9.46. The second kappa shape index (κ2) is 3.34. The third-order valence-corrected chi connectivity index (χ3v) is 3.42. The first-order chi connectivity index (χ1) is 5.13. The largest absolute Gasteiger partial charge is 0.386 e. The lowest BCUT2D eigenvalue weighted by Crippen LogP contribution is -2.32. The van der Waals surface area contributed by atoms with Crippen LogP contribution in [0, 0.1) is 0 Å². The van der Waals surface area contributed by atoms with Gasteiger partial charge in [-0.2, -0.15) is 0 Å². The Hall–Kier alpha value is -0.383. The predicted octanol–water partition coefficient (Wildman–Crippen LogP) is 0.498. The molecule has 11 heavy (non-hydrogen) atoms. The van der Waals surface area contributed by atoms with Crippen molar-refractivity contribution in [2.45, 2.75) is 25.3 Å². The average molecular weight is 169 g/mol. The smallest absolute Gasteiger partial charge is 0.102 e. The molecular weight excluding hydrogens is 156 g/mol. The minimum absolute atomic E-state index is 0.617. The monoisotopic (exact) mass is 169 g/mol. The fourth-order valence-corrected chi connectivity index (χ4v) is 2.32. The van der Waals surface area contributed by atoms with Gasteiger partial charge in [-0.25, -0.2) is 0 Å². The van der Waals surface area contributed by atoms with E-state index in [9.17, 15) is 10.2 Å². The fourth-order valence-electron chi connectivity index (χ4n) is 1.12. The third kappa shape index (κ3) is 1.80. The molecule has 3 heteroatoms. The molecule has 0 aliphatic heterocycles. The maximum absolute atomic E-state index is 9.46. The van der Waals surface area contributed by atoms with Gasteiger partial charge in [0.05, 0.1) is 8.80 Å². The molecule has 0 amide bonds. The van der Waals surface area contributed by atoms with Crippen molar-refractivity contribution in [3.05, 3.63) is 23.4 Å². The van der Waals surface area contributed by atoms with Crippen molar-refractivity contribution in [3.63, 3.8) is 0 Å². The summed E-state index contributed by atoms with van der Waals surface area (Å²) in [4.78, 5) is 0. The van der Waals surface area contributed by atoms with Gasteiger partial charge in [-0.15, -0.1) is 0 Å². The molecule has 0 spiro atoms. The maximum Gasteiger partial charge on any atom is 0.102 e. The van der Waals surface area contributed by atoms with Crippen LogP contribution in [-0.4, -0.2) is 31.2 Å². The molecule has 0 saturated heterocycles. The van der Waals surface area contributed by atoms with Gasteiger partial charge in [-0.1, -0.05) is 36.5 Å². The normalized spacial score (nSPS) is 30.8. The summed E-state index contributed by atoms with van der Waals surface area (Å²) in [5.41, 5.74) is 0. The first kappa shape index (κ1) is 8.71. The van der Waals surface area contributed by atoms with E-state index in [4.69, 9.17) is 0 Å². The van der Waals surface area contributed by atoms with Crippen molar-refractivity contribution in [2.75, 3.05) is 0 Å². The molecule has 2 nitrogen and oxygen atoms in total. The number of allylic oxidation sites excluding steroid dienone is 2. The number of rotatable bonds is 1. The summed E-state index contributed by atoms with van der Waals surface area (Å²) in [5, 5.41) is 19.7. The van der Waals surface area contributed by atoms with Gasteiger partial charge in [0.25, 0.3) is 0 Å². The molecule has 0 aromatic heterocycles. The van der Waals surface area contributed by atoms with Gasteiger partial charge in [-0.3, -0.25) is 0 Å². The molecule has 0 unspecified atom stereocenters. The summed E-state index contributed by atoms with van der Waals surface area (Å²) in [7, 11) is -0.617. The van der Waals surface area contributed by atoms with Crippen LogP contribution in [-0.2, 0) is 0 Å². The fraction of sp³-hybridized carbons (Fsp3) is 0.500. The Kier molecular flexibility index (Phi) is 2.65. The van der Waals surface area contributed by atoms with Crippen LogP contribution in [0.25, 0.3) is 0 Å². The van der Waals surface area contributed by atoms with Crippen molar-refractivity contribution in [2.24, 2.45) is 0 Å². The van der Waals surface area contributed by atoms with Gasteiger partial charge in [0.1, 0.15) is 12.2 Å². The third-order valence-electron chi connectivity index (χ3n) is 1.80. The van der Waals surface area contributed by atoms with Crippen LogP contribution in [0.4, 0.5) is 0 Å². The molecule has 1 aliphatic carbocycles. The van der Waals surface area contributed by atoms with E-state index in [1.165, 1.54) is 0 Å². The highest BCUT2D eigenvalue weighted by atomic mass is 28.3. The van der Waals surface area contributed by atoms with E-state index < -0.39 is 21.0 Å². The van der Waals surface area contributed by atoms with Gasteiger partial charge in [0.2, 0.25) is 0 Å². The molecule has 2 atom stereocenters. The van der Waals surface area contributed by atoms with Crippen molar-refractivity contribution in [3.8, 4) is 0 Å². The minimum Gasteiger partial charge on any atom is -0.386 e. The highest BCUT2D eigenvalue weighted by Gasteiger charge is 2.22. The molecule has 0 aromatic carbocycles. The lowest BCUT2D eigenvalue weighted by Gasteiger charge is -2.22. The van der Waals surface area contributed by atoms with E-state index in [0.717, 1.165) is 5.20 Å². The first-order valence-electron chi connectivity index (χ1n) is 3.68. The van der Waals surface area contributed by atoms with Crippen molar-refractivity contribution >= 4 is 8.80 Å². The first-order valence-corrected chi connectivity index (χ1v) is 6.18. The molecule has 0 bridgehead atoms. The van der Waals surface area contributed by atoms with Crippen LogP contribution in [0.5, 0.6) is 0 Å². The SMILES string of the molecule is C[Si](C)C1=CC=C[C@H](O)[C@@H]1O. The Balaban J connectivity index is 2.78. The highest BCUT2D eigenvalue weighted by molar-refractivity contribution is 6.64. The molecule has 1 rings (SSSR count). The molecule has 0 heterocycles. The van der Waals surface area contributed by atoms with E-state index in [-0.39, 0.29) is 0 Å². The summed E-state index contributed by atoms with van der Waals surface area (Å²) in [6, 6.07) is 0. The zero-order valence-electron chi connectivity index (χ0n) is 6.78. The van der Waals surface area contributed by atoms with Crippen LogP contribution in [0.15, 0.2) is 23.4 Å². The van der Waals surface area contributed by atoms with Crippen LogP contribution >= 0.6 is 0 Å². The van der Waals surface area contributed by atoms with Crippen molar-refractivity contribution in [1.29, 1.82) is 0 Å². The van der Waals surface area contributed by atoms with E-state index in [1.54, 1.807) is 6.08 Å². The number of hydrogen-bond acceptors (Lipinski definition) is 2. The summed E-state index contributed by atoms with van der Waals surface area (Å²) >= 11 is 0. The van der Waals surface area contributed by atoms with Gasteiger partial charge >= 0.3 is 0 Å². The van der Waals surface area contributed by atoms with E-state index in [2.05, 4.69) is 13.1 Å². The van der Waals surface area contributed by atoms with Crippen molar-refractivity contribution < 1.29 is 10.2 Å². The van der Waals surface area contributed by atoms with Crippen LogP contribution in [0.1, 0.15) is 0 Å².